The van der Waals surface area contributed by atoms with Gasteiger partial charge in [0, 0.05) is 18.7 Å². The normalized spacial score (nSPS) is 12.1. The first-order chi connectivity index (χ1) is 9.81. The van der Waals surface area contributed by atoms with Crippen molar-refractivity contribution in [3.8, 4) is 5.75 Å². The maximum absolute atomic E-state index is 10.1. The third-order valence-electron chi connectivity index (χ3n) is 3.11. The van der Waals surface area contributed by atoms with E-state index in [0.29, 0.717) is 19.7 Å². The molecule has 0 unspecified atom stereocenters. The lowest BCUT2D eigenvalue weighted by Crippen LogP contribution is -2.21. The predicted octanol–water partition coefficient (Wildman–Crippen LogP) is 2.91. The second-order valence-corrected chi connectivity index (χ2v) is 4.60. The van der Waals surface area contributed by atoms with Crippen LogP contribution in [0.2, 0.25) is 0 Å². The zero-order valence-corrected chi connectivity index (χ0v) is 11.8. The molecule has 20 heavy (non-hydrogen) atoms. The minimum absolute atomic E-state index is 0.490. The highest BCUT2D eigenvalue weighted by atomic mass is 16.5. The van der Waals surface area contributed by atoms with Gasteiger partial charge in [-0.1, -0.05) is 48.5 Å². The van der Waals surface area contributed by atoms with Crippen LogP contribution in [0.15, 0.2) is 54.6 Å². The Labute approximate surface area is 120 Å². The van der Waals surface area contributed by atoms with E-state index in [0.717, 1.165) is 16.9 Å². The molecule has 3 nitrogen and oxygen atoms in total. The van der Waals surface area contributed by atoms with Crippen LogP contribution in [0.3, 0.4) is 0 Å². The minimum atomic E-state index is -0.490. The summed E-state index contributed by atoms with van der Waals surface area (Å²) in [5, 5.41) is 13.3. The van der Waals surface area contributed by atoms with Crippen molar-refractivity contribution in [3.05, 3.63) is 65.7 Å². The number of hydrogen-bond acceptors (Lipinski definition) is 3. The fourth-order valence-electron chi connectivity index (χ4n) is 2.08. The van der Waals surface area contributed by atoms with E-state index in [-0.39, 0.29) is 0 Å². The number of aliphatic hydroxyl groups is 1. The second kappa shape index (κ2) is 7.68. The van der Waals surface area contributed by atoms with E-state index < -0.39 is 6.10 Å². The lowest BCUT2D eigenvalue weighted by molar-refractivity contribution is 0.174. The molecule has 2 aromatic rings. The van der Waals surface area contributed by atoms with Gasteiger partial charge < -0.3 is 15.2 Å². The van der Waals surface area contributed by atoms with Crippen molar-refractivity contribution in [2.75, 3.05) is 13.2 Å². The van der Waals surface area contributed by atoms with Crippen molar-refractivity contribution in [2.24, 2.45) is 0 Å². The summed E-state index contributed by atoms with van der Waals surface area (Å²) in [4.78, 5) is 0. The van der Waals surface area contributed by atoms with Gasteiger partial charge in [-0.25, -0.2) is 0 Å². The van der Waals surface area contributed by atoms with E-state index in [1.54, 1.807) is 0 Å². The van der Waals surface area contributed by atoms with Crippen LogP contribution < -0.4 is 10.1 Å². The zero-order chi connectivity index (χ0) is 14.2. The number of para-hydroxylation sites is 1. The van der Waals surface area contributed by atoms with Crippen LogP contribution in [-0.2, 0) is 6.54 Å². The molecule has 0 bridgehead atoms. The van der Waals surface area contributed by atoms with Crippen molar-refractivity contribution in [1.29, 1.82) is 0 Å². The van der Waals surface area contributed by atoms with Crippen molar-refractivity contribution in [3.63, 3.8) is 0 Å². The maximum Gasteiger partial charge on any atom is 0.123 e. The van der Waals surface area contributed by atoms with E-state index in [1.807, 2.05) is 61.5 Å². The molecule has 0 aromatic heterocycles. The van der Waals surface area contributed by atoms with Gasteiger partial charge in [0.1, 0.15) is 5.75 Å². The Morgan fingerprint density at radius 1 is 1.05 bits per heavy atom. The number of nitrogens with one attached hydrogen (secondary N) is 1. The van der Waals surface area contributed by atoms with Crippen LogP contribution >= 0.6 is 0 Å². The van der Waals surface area contributed by atoms with Gasteiger partial charge in [0.2, 0.25) is 0 Å². The summed E-state index contributed by atoms with van der Waals surface area (Å²) in [6, 6.07) is 17.6. The molecular formula is C17H21NO2. The van der Waals surface area contributed by atoms with E-state index in [9.17, 15) is 5.11 Å². The Hall–Kier alpha value is -1.84. The Morgan fingerprint density at radius 3 is 2.50 bits per heavy atom. The zero-order valence-electron chi connectivity index (χ0n) is 11.8. The molecule has 0 radical (unpaired) electrons. The van der Waals surface area contributed by atoms with Gasteiger partial charge in [-0.3, -0.25) is 0 Å². The molecule has 0 amide bonds. The van der Waals surface area contributed by atoms with Gasteiger partial charge in [-0.2, -0.15) is 0 Å². The largest absolute Gasteiger partial charge is 0.494 e. The van der Waals surface area contributed by atoms with Crippen LogP contribution in [0.25, 0.3) is 0 Å². The van der Waals surface area contributed by atoms with Crippen LogP contribution in [0, 0.1) is 0 Å². The first-order valence-electron chi connectivity index (χ1n) is 6.95. The summed E-state index contributed by atoms with van der Waals surface area (Å²) in [5.74, 6) is 0.900. The summed E-state index contributed by atoms with van der Waals surface area (Å²) in [6.07, 6.45) is -0.490. The highest BCUT2D eigenvalue weighted by Crippen LogP contribution is 2.18. The first-order valence-corrected chi connectivity index (χ1v) is 6.95. The fraction of sp³-hybridized carbons (Fsp3) is 0.294. The van der Waals surface area contributed by atoms with Gasteiger partial charge in [-0.05, 0) is 18.6 Å². The fourth-order valence-corrected chi connectivity index (χ4v) is 2.08. The third-order valence-corrected chi connectivity index (χ3v) is 3.11. The van der Waals surface area contributed by atoms with Gasteiger partial charge in [0.15, 0.2) is 0 Å². The average Bonchev–Trinajstić information content (AvgIpc) is 2.50. The summed E-state index contributed by atoms with van der Waals surface area (Å²) in [7, 11) is 0. The van der Waals surface area contributed by atoms with Crippen LogP contribution in [-0.4, -0.2) is 18.3 Å². The Bertz CT molecular complexity index is 513. The van der Waals surface area contributed by atoms with Crippen LogP contribution in [0.1, 0.15) is 24.2 Å². The number of hydrogen-bond donors (Lipinski definition) is 2. The molecule has 0 aliphatic carbocycles. The molecular weight excluding hydrogens is 250 g/mol. The Morgan fingerprint density at radius 2 is 1.75 bits per heavy atom. The molecule has 2 N–H and O–H groups in total. The summed E-state index contributed by atoms with van der Waals surface area (Å²) in [5.41, 5.74) is 2.03. The lowest BCUT2D eigenvalue weighted by Gasteiger charge is -2.14. The molecule has 2 rings (SSSR count). The van der Waals surface area contributed by atoms with Crippen molar-refractivity contribution >= 4 is 0 Å². The van der Waals surface area contributed by atoms with Crippen molar-refractivity contribution in [1.82, 2.24) is 5.32 Å². The summed E-state index contributed by atoms with van der Waals surface area (Å²) >= 11 is 0. The van der Waals surface area contributed by atoms with Crippen molar-refractivity contribution < 1.29 is 9.84 Å². The Kier molecular flexibility index (Phi) is 5.59. The van der Waals surface area contributed by atoms with E-state index in [2.05, 4.69) is 5.32 Å². The number of aliphatic hydroxyl groups excluding tert-OH is 1. The number of rotatable bonds is 7. The molecule has 0 saturated heterocycles. The van der Waals surface area contributed by atoms with Gasteiger partial charge in [-0.15, -0.1) is 0 Å². The lowest BCUT2D eigenvalue weighted by atomic mass is 10.1. The van der Waals surface area contributed by atoms with Crippen molar-refractivity contribution in [2.45, 2.75) is 19.6 Å². The predicted molar refractivity (Wildman–Crippen MR) is 80.7 cm³/mol. The Balaban J connectivity index is 1.87. The molecule has 0 aliphatic rings. The molecule has 0 fully saturated rings. The SMILES string of the molecule is CCOc1ccccc1CNC[C@H](O)c1ccccc1. The standard InChI is InChI=1S/C17H21NO2/c1-2-20-17-11-7-6-10-15(17)12-18-13-16(19)14-8-4-3-5-9-14/h3-11,16,18-19H,2,12-13H2,1H3/t16-/m0/s1. The highest BCUT2D eigenvalue weighted by molar-refractivity contribution is 5.33. The molecule has 0 aliphatic heterocycles. The summed E-state index contributed by atoms with van der Waals surface area (Å²) in [6.45, 7) is 3.83. The highest BCUT2D eigenvalue weighted by Gasteiger charge is 2.07. The van der Waals surface area contributed by atoms with E-state index >= 15 is 0 Å². The molecule has 0 saturated carbocycles. The number of benzene rings is 2. The monoisotopic (exact) mass is 271 g/mol. The first kappa shape index (κ1) is 14.6. The number of ether oxygens (including phenoxy) is 1. The molecule has 1 atom stereocenters. The average molecular weight is 271 g/mol. The van der Waals surface area contributed by atoms with Crippen LogP contribution in [0.5, 0.6) is 5.75 Å². The molecule has 0 spiro atoms. The smallest absolute Gasteiger partial charge is 0.123 e. The van der Waals surface area contributed by atoms with E-state index in [4.69, 9.17) is 4.74 Å². The quantitative estimate of drug-likeness (QED) is 0.813. The molecule has 0 heterocycles. The second-order valence-electron chi connectivity index (χ2n) is 4.60. The molecule has 106 valence electrons. The summed E-state index contributed by atoms with van der Waals surface area (Å²) < 4.78 is 5.58. The van der Waals surface area contributed by atoms with Gasteiger partial charge in [0.05, 0.1) is 12.7 Å². The van der Waals surface area contributed by atoms with Gasteiger partial charge >= 0.3 is 0 Å². The minimum Gasteiger partial charge on any atom is -0.494 e. The molecule has 2 aromatic carbocycles. The van der Waals surface area contributed by atoms with E-state index in [1.165, 1.54) is 0 Å². The third kappa shape index (κ3) is 4.08. The molecule has 3 heteroatoms. The van der Waals surface area contributed by atoms with Crippen LogP contribution in [0.4, 0.5) is 0 Å². The van der Waals surface area contributed by atoms with Gasteiger partial charge in [0.25, 0.3) is 0 Å². The maximum atomic E-state index is 10.1. The topological polar surface area (TPSA) is 41.5 Å².